The SMILES string of the molecule is CC(C)COC1=C(Br)C(=O)C2CCCC12. The van der Waals surface area contributed by atoms with Gasteiger partial charge in [-0.1, -0.05) is 20.3 Å². The van der Waals surface area contributed by atoms with Gasteiger partial charge in [-0.3, -0.25) is 4.79 Å². The van der Waals surface area contributed by atoms with Crippen molar-refractivity contribution in [2.75, 3.05) is 6.61 Å². The Morgan fingerprint density at radius 3 is 2.73 bits per heavy atom. The predicted octanol–water partition coefficient (Wildman–Crippen LogP) is 3.26. The summed E-state index contributed by atoms with van der Waals surface area (Å²) >= 11 is 3.38. The highest BCUT2D eigenvalue weighted by Gasteiger charge is 2.44. The van der Waals surface area contributed by atoms with Crippen molar-refractivity contribution >= 4 is 21.7 Å². The normalized spacial score (nSPS) is 30.3. The van der Waals surface area contributed by atoms with Crippen molar-refractivity contribution in [1.29, 1.82) is 0 Å². The van der Waals surface area contributed by atoms with Crippen LogP contribution in [-0.2, 0) is 9.53 Å². The first-order chi connectivity index (χ1) is 7.11. The number of carbonyl (C=O) groups excluding carboxylic acids is 1. The van der Waals surface area contributed by atoms with Gasteiger partial charge in [0.05, 0.1) is 11.1 Å². The van der Waals surface area contributed by atoms with Crippen LogP contribution < -0.4 is 0 Å². The molecule has 2 rings (SSSR count). The molecule has 2 aliphatic carbocycles. The van der Waals surface area contributed by atoms with Crippen LogP contribution in [0.1, 0.15) is 33.1 Å². The highest BCUT2D eigenvalue weighted by atomic mass is 79.9. The fraction of sp³-hybridized carbons (Fsp3) is 0.750. The molecule has 2 atom stereocenters. The van der Waals surface area contributed by atoms with Crippen LogP contribution in [0.15, 0.2) is 10.2 Å². The standard InChI is InChI=1S/C12H17BrO2/c1-7(2)6-15-12-9-5-3-4-8(9)11(14)10(12)13/h7-9H,3-6H2,1-2H3. The van der Waals surface area contributed by atoms with Crippen LogP contribution in [-0.4, -0.2) is 12.4 Å². The zero-order chi connectivity index (χ0) is 11.0. The maximum Gasteiger partial charge on any atom is 0.177 e. The number of hydrogen-bond donors (Lipinski definition) is 0. The molecule has 84 valence electrons. The lowest BCUT2D eigenvalue weighted by Crippen LogP contribution is -2.12. The van der Waals surface area contributed by atoms with E-state index in [2.05, 4.69) is 29.8 Å². The Kier molecular flexibility index (Phi) is 3.19. The van der Waals surface area contributed by atoms with Crippen molar-refractivity contribution in [3.63, 3.8) is 0 Å². The summed E-state index contributed by atoms with van der Waals surface area (Å²) in [6, 6.07) is 0. The molecule has 0 spiro atoms. The second-order valence-corrected chi connectivity index (χ2v) is 5.68. The molecule has 0 aliphatic heterocycles. The lowest BCUT2D eigenvalue weighted by molar-refractivity contribution is -0.118. The van der Waals surface area contributed by atoms with Crippen LogP contribution in [0.25, 0.3) is 0 Å². The van der Waals surface area contributed by atoms with Crippen LogP contribution in [0.2, 0.25) is 0 Å². The molecule has 2 aliphatic rings. The number of hydrogen-bond acceptors (Lipinski definition) is 2. The van der Waals surface area contributed by atoms with E-state index >= 15 is 0 Å². The number of ketones is 1. The van der Waals surface area contributed by atoms with Gasteiger partial charge in [-0.05, 0) is 34.7 Å². The van der Waals surface area contributed by atoms with E-state index in [1.807, 2.05) is 0 Å². The maximum absolute atomic E-state index is 11.9. The van der Waals surface area contributed by atoms with Crippen LogP contribution in [0.3, 0.4) is 0 Å². The minimum Gasteiger partial charge on any atom is -0.496 e. The minimum absolute atomic E-state index is 0.210. The molecule has 2 nitrogen and oxygen atoms in total. The van der Waals surface area contributed by atoms with Crippen LogP contribution in [0.5, 0.6) is 0 Å². The first kappa shape index (κ1) is 11.2. The third-order valence-corrected chi connectivity index (χ3v) is 3.98. The van der Waals surface area contributed by atoms with Crippen molar-refractivity contribution in [3.8, 4) is 0 Å². The van der Waals surface area contributed by atoms with Gasteiger partial charge in [0.25, 0.3) is 0 Å². The van der Waals surface area contributed by atoms with Crippen molar-refractivity contribution < 1.29 is 9.53 Å². The number of carbonyl (C=O) groups is 1. The van der Waals surface area contributed by atoms with E-state index in [4.69, 9.17) is 4.74 Å². The van der Waals surface area contributed by atoms with Crippen LogP contribution in [0.4, 0.5) is 0 Å². The topological polar surface area (TPSA) is 26.3 Å². The number of ether oxygens (including phenoxy) is 1. The summed E-state index contributed by atoms with van der Waals surface area (Å²) in [4.78, 5) is 11.9. The van der Waals surface area contributed by atoms with Gasteiger partial charge in [-0.15, -0.1) is 0 Å². The van der Waals surface area contributed by atoms with E-state index in [9.17, 15) is 4.79 Å². The Bertz CT molecular complexity index is 307. The Hall–Kier alpha value is -0.310. The highest BCUT2D eigenvalue weighted by Crippen LogP contribution is 2.47. The van der Waals surface area contributed by atoms with Gasteiger partial charge < -0.3 is 4.74 Å². The summed E-state index contributed by atoms with van der Waals surface area (Å²) in [6.45, 7) is 4.95. The molecule has 0 aromatic rings. The molecule has 15 heavy (non-hydrogen) atoms. The van der Waals surface area contributed by atoms with E-state index in [1.165, 1.54) is 0 Å². The number of rotatable bonds is 3. The van der Waals surface area contributed by atoms with E-state index in [-0.39, 0.29) is 11.7 Å². The molecule has 0 bridgehead atoms. The molecular weight excluding hydrogens is 256 g/mol. The van der Waals surface area contributed by atoms with Gasteiger partial charge in [0, 0.05) is 11.8 Å². The van der Waals surface area contributed by atoms with E-state index < -0.39 is 0 Å². The molecule has 0 amide bonds. The summed E-state index contributed by atoms with van der Waals surface area (Å²) in [5.74, 6) is 2.27. The van der Waals surface area contributed by atoms with Crippen molar-refractivity contribution in [2.45, 2.75) is 33.1 Å². The number of fused-ring (bicyclic) bond motifs is 1. The quantitative estimate of drug-likeness (QED) is 0.789. The molecule has 0 saturated heterocycles. The molecular formula is C12H17BrO2. The molecule has 0 N–H and O–H groups in total. The van der Waals surface area contributed by atoms with Gasteiger partial charge in [-0.2, -0.15) is 0 Å². The zero-order valence-corrected chi connectivity index (χ0v) is 10.8. The fourth-order valence-corrected chi connectivity index (χ4v) is 3.16. The van der Waals surface area contributed by atoms with E-state index in [1.54, 1.807) is 0 Å². The highest BCUT2D eigenvalue weighted by molar-refractivity contribution is 9.12. The first-order valence-corrected chi connectivity index (χ1v) is 6.47. The Balaban J connectivity index is 2.11. The van der Waals surface area contributed by atoms with E-state index in [0.29, 0.717) is 22.9 Å². The van der Waals surface area contributed by atoms with Crippen LogP contribution >= 0.6 is 15.9 Å². The van der Waals surface area contributed by atoms with Crippen LogP contribution in [0, 0.1) is 17.8 Å². The molecule has 2 unspecified atom stereocenters. The van der Waals surface area contributed by atoms with Gasteiger partial charge in [0.15, 0.2) is 5.78 Å². The molecule has 0 aromatic carbocycles. The monoisotopic (exact) mass is 272 g/mol. The third-order valence-electron chi connectivity index (χ3n) is 3.19. The van der Waals surface area contributed by atoms with Crippen molar-refractivity contribution in [2.24, 2.45) is 17.8 Å². The summed E-state index contributed by atoms with van der Waals surface area (Å²) in [7, 11) is 0. The lowest BCUT2D eigenvalue weighted by Gasteiger charge is -2.15. The minimum atomic E-state index is 0.210. The molecule has 0 radical (unpaired) electrons. The second-order valence-electron chi connectivity index (χ2n) is 4.89. The maximum atomic E-state index is 11.9. The third kappa shape index (κ3) is 1.99. The van der Waals surface area contributed by atoms with Crippen molar-refractivity contribution in [3.05, 3.63) is 10.2 Å². The first-order valence-electron chi connectivity index (χ1n) is 5.68. The zero-order valence-electron chi connectivity index (χ0n) is 9.25. The fourth-order valence-electron chi connectivity index (χ4n) is 2.46. The summed E-state index contributed by atoms with van der Waals surface area (Å²) in [6.07, 6.45) is 3.31. The Morgan fingerprint density at radius 2 is 2.07 bits per heavy atom. The van der Waals surface area contributed by atoms with E-state index in [0.717, 1.165) is 25.0 Å². The Morgan fingerprint density at radius 1 is 1.40 bits per heavy atom. The van der Waals surface area contributed by atoms with Gasteiger partial charge in [0.2, 0.25) is 0 Å². The molecule has 1 fully saturated rings. The lowest BCUT2D eigenvalue weighted by atomic mass is 9.98. The van der Waals surface area contributed by atoms with Gasteiger partial charge >= 0.3 is 0 Å². The molecule has 3 heteroatoms. The van der Waals surface area contributed by atoms with Gasteiger partial charge in [0.1, 0.15) is 5.76 Å². The largest absolute Gasteiger partial charge is 0.496 e. The summed E-state index contributed by atoms with van der Waals surface area (Å²) < 4.78 is 6.48. The number of halogens is 1. The molecule has 1 saturated carbocycles. The summed E-state index contributed by atoms with van der Waals surface area (Å²) in [5.41, 5.74) is 0. The smallest absolute Gasteiger partial charge is 0.177 e. The van der Waals surface area contributed by atoms with Crippen molar-refractivity contribution in [1.82, 2.24) is 0 Å². The predicted molar refractivity (Wildman–Crippen MR) is 62.6 cm³/mol. The summed E-state index contributed by atoms with van der Waals surface area (Å²) in [5, 5.41) is 0. The Labute approximate surface area is 99.2 Å². The van der Waals surface area contributed by atoms with Gasteiger partial charge in [-0.25, -0.2) is 0 Å². The average molecular weight is 273 g/mol. The molecule has 0 aromatic heterocycles. The second kappa shape index (κ2) is 4.28. The average Bonchev–Trinajstić information content (AvgIpc) is 2.71. The number of Topliss-reactive ketones (excluding diaryl/α,β-unsaturated/α-hetero) is 1. The molecule has 0 heterocycles. The number of allylic oxidation sites excluding steroid dienone is 2.